The number of hydrogen-bond acceptors (Lipinski definition) is 4. The fraction of sp³-hybridized carbons (Fsp3) is 0.0208. The minimum atomic E-state index is -0.654. The van der Waals surface area contributed by atoms with E-state index in [4.69, 9.17) is 14.7 Å². The summed E-state index contributed by atoms with van der Waals surface area (Å²) in [4.78, 5) is 10.3. The molecule has 4 nitrogen and oxygen atoms in total. The van der Waals surface area contributed by atoms with E-state index in [1.807, 2.05) is 78.9 Å². The summed E-state index contributed by atoms with van der Waals surface area (Å²) >= 11 is 0. The molecule has 1 aromatic heterocycles. The van der Waals surface area contributed by atoms with Gasteiger partial charge in [-0.15, -0.1) is 0 Å². The lowest BCUT2D eigenvalue weighted by Gasteiger charge is -2.39. The largest absolute Gasteiger partial charge is 0.457 e. The summed E-state index contributed by atoms with van der Waals surface area (Å²) in [6, 6.07) is 62.8. The first-order valence-electron chi connectivity index (χ1n) is 17.4. The normalized spacial score (nSPS) is 12.9. The third kappa shape index (κ3) is 4.40. The Balaban J connectivity index is 1.21. The van der Waals surface area contributed by atoms with E-state index in [-0.39, 0.29) is 0 Å². The van der Waals surface area contributed by atoms with Gasteiger partial charge in [-0.3, -0.25) is 0 Å². The highest BCUT2D eigenvalue weighted by Crippen LogP contribution is 2.62. The second-order valence-electron chi connectivity index (χ2n) is 13.2. The standard InChI is InChI=1S/C48H29N3O/c49-30-34-18-13-23-41-46(34)37-28-33(26-27-38(37)48(41)39-21-9-11-24-44(39)52-45-25-12-10-22-40(45)48)35-19-7-8-20-36(35)47-50-42(31-14-3-1-4-15-31)29-43(51-47)32-16-5-2-6-17-32/h1-29H. The Morgan fingerprint density at radius 3 is 1.63 bits per heavy atom. The molecule has 8 aromatic rings. The van der Waals surface area contributed by atoms with Crippen molar-refractivity contribution in [2.75, 3.05) is 0 Å². The Hall–Kier alpha value is -7.09. The zero-order valence-corrected chi connectivity index (χ0v) is 28.0. The zero-order chi connectivity index (χ0) is 34.6. The Kier molecular flexibility index (Phi) is 6.74. The van der Waals surface area contributed by atoms with Crippen molar-refractivity contribution in [1.29, 1.82) is 5.26 Å². The Morgan fingerprint density at radius 1 is 0.442 bits per heavy atom. The zero-order valence-electron chi connectivity index (χ0n) is 28.0. The predicted molar refractivity (Wildman–Crippen MR) is 206 cm³/mol. The molecule has 1 aliphatic carbocycles. The molecular formula is C48H29N3O. The predicted octanol–water partition coefficient (Wildman–Crippen LogP) is 11.5. The number of para-hydroxylation sites is 2. The molecule has 4 heteroatoms. The molecule has 2 aliphatic rings. The molecule has 0 atom stereocenters. The van der Waals surface area contributed by atoms with Gasteiger partial charge in [0.1, 0.15) is 11.5 Å². The van der Waals surface area contributed by atoms with Gasteiger partial charge in [-0.1, -0.05) is 146 Å². The summed E-state index contributed by atoms with van der Waals surface area (Å²) in [7, 11) is 0. The van der Waals surface area contributed by atoms with Crippen LogP contribution < -0.4 is 4.74 Å². The summed E-state index contributed by atoms with van der Waals surface area (Å²) in [5.74, 6) is 2.29. The molecule has 2 heterocycles. The molecule has 0 unspecified atom stereocenters. The van der Waals surface area contributed by atoms with Gasteiger partial charge in [0, 0.05) is 33.4 Å². The maximum atomic E-state index is 10.5. The lowest BCUT2D eigenvalue weighted by atomic mass is 9.66. The molecule has 242 valence electrons. The van der Waals surface area contributed by atoms with E-state index in [0.717, 1.165) is 84.1 Å². The summed E-state index contributed by atoms with van der Waals surface area (Å²) in [5, 5.41) is 10.5. The fourth-order valence-electron chi connectivity index (χ4n) is 8.22. The molecule has 0 amide bonds. The van der Waals surface area contributed by atoms with Gasteiger partial charge < -0.3 is 4.74 Å². The molecule has 0 radical (unpaired) electrons. The van der Waals surface area contributed by atoms with E-state index in [9.17, 15) is 5.26 Å². The first-order valence-corrected chi connectivity index (χ1v) is 17.4. The van der Waals surface area contributed by atoms with Crippen LogP contribution in [-0.4, -0.2) is 9.97 Å². The lowest BCUT2D eigenvalue weighted by molar-refractivity contribution is 0.436. The quantitative estimate of drug-likeness (QED) is 0.188. The van der Waals surface area contributed by atoms with Crippen molar-refractivity contribution >= 4 is 0 Å². The van der Waals surface area contributed by atoms with Gasteiger partial charge in [-0.25, -0.2) is 9.97 Å². The highest BCUT2D eigenvalue weighted by Gasteiger charge is 2.51. The van der Waals surface area contributed by atoms with Gasteiger partial charge in [0.15, 0.2) is 5.82 Å². The van der Waals surface area contributed by atoms with E-state index < -0.39 is 5.41 Å². The average molecular weight is 664 g/mol. The van der Waals surface area contributed by atoms with Gasteiger partial charge in [0.25, 0.3) is 0 Å². The number of nitriles is 1. The SMILES string of the molecule is N#Cc1cccc2c1-c1cc(-c3ccccc3-c3nc(-c4ccccc4)cc(-c4ccccc4)n3)ccc1C21c2ccccc2Oc2ccccc21. The van der Waals surface area contributed by atoms with Gasteiger partial charge in [-0.2, -0.15) is 5.26 Å². The van der Waals surface area contributed by atoms with Crippen LogP contribution in [0.3, 0.4) is 0 Å². The van der Waals surface area contributed by atoms with Crippen molar-refractivity contribution in [3.8, 4) is 73.7 Å². The third-order valence-corrected chi connectivity index (χ3v) is 10.4. The Morgan fingerprint density at radius 2 is 1.00 bits per heavy atom. The molecule has 1 spiro atoms. The van der Waals surface area contributed by atoms with E-state index in [1.54, 1.807) is 0 Å². The van der Waals surface area contributed by atoms with E-state index in [2.05, 4.69) is 103 Å². The number of fused-ring (bicyclic) bond motifs is 9. The second kappa shape index (κ2) is 11.8. The van der Waals surface area contributed by atoms with Crippen molar-refractivity contribution in [2.24, 2.45) is 0 Å². The Bertz CT molecular complexity index is 2630. The minimum absolute atomic E-state index is 0.647. The van der Waals surface area contributed by atoms with Gasteiger partial charge >= 0.3 is 0 Å². The number of hydrogen-bond donors (Lipinski definition) is 0. The van der Waals surface area contributed by atoms with Crippen LogP contribution in [0.25, 0.3) is 56.2 Å². The van der Waals surface area contributed by atoms with Gasteiger partial charge in [0.05, 0.1) is 28.4 Å². The number of benzene rings is 7. The molecule has 1 aliphatic heterocycles. The molecule has 52 heavy (non-hydrogen) atoms. The lowest BCUT2D eigenvalue weighted by Crippen LogP contribution is -2.32. The number of rotatable bonds is 4. The first kappa shape index (κ1) is 29.8. The molecular weight excluding hydrogens is 635 g/mol. The highest BCUT2D eigenvalue weighted by atomic mass is 16.5. The van der Waals surface area contributed by atoms with Crippen molar-refractivity contribution < 1.29 is 4.74 Å². The third-order valence-electron chi connectivity index (χ3n) is 10.4. The van der Waals surface area contributed by atoms with Gasteiger partial charge in [0.2, 0.25) is 0 Å². The van der Waals surface area contributed by atoms with E-state index in [0.29, 0.717) is 11.4 Å². The number of nitrogens with zero attached hydrogens (tertiary/aromatic N) is 3. The molecule has 7 aromatic carbocycles. The molecule has 0 saturated heterocycles. The maximum Gasteiger partial charge on any atom is 0.161 e. The van der Waals surface area contributed by atoms with Crippen LogP contribution in [0.1, 0.15) is 27.8 Å². The average Bonchev–Trinajstić information content (AvgIpc) is 3.51. The topological polar surface area (TPSA) is 58.8 Å². The molecule has 0 N–H and O–H groups in total. The first-order chi connectivity index (χ1) is 25.7. The van der Waals surface area contributed by atoms with Crippen LogP contribution in [0.5, 0.6) is 11.5 Å². The summed E-state index contributed by atoms with van der Waals surface area (Å²) in [5.41, 5.74) is 13.1. The maximum absolute atomic E-state index is 10.5. The van der Waals surface area contributed by atoms with Gasteiger partial charge in [-0.05, 0) is 58.1 Å². The number of aromatic nitrogens is 2. The molecule has 10 rings (SSSR count). The van der Waals surface area contributed by atoms with Crippen LogP contribution in [0.2, 0.25) is 0 Å². The second-order valence-corrected chi connectivity index (χ2v) is 13.2. The van der Waals surface area contributed by atoms with Crippen LogP contribution in [0, 0.1) is 11.3 Å². The van der Waals surface area contributed by atoms with Crippen molar-refractivity contribution in [2.45, 2.75) is 5.41 Å². The molecule has 0 fully saturated rings. The fourth-order valence-corrected chi connectivity index (χ4v) is 8.22. The van der Waals surface area contributed by atoms with Crippen LogP contribution >= 0.6 is 0 Å². The van der Waals surface area contributed by atoms with Crippen LogP contribution in [-0.2, 0) is 5.41 Å². The van der Waals surface area contributed by atoms with Crippen molar-refractivity contribution in [3.05, 3.63) is 204 Å². The monoisotopic (exact) mass is 663 g/mol. The van der Waals surface area contributed by atoms with Crippen LogP contribution in [0.15, 0.2) is 176 Å². The summed E-state index contributed by atoms with van der Waals surface area (Å²) in [6.07, 6.45) is 0. The number of ether oxygens (including phenoxy) is 1. The van der Waals surface area contributed by atoms with Crippen LogP contribution in [0.4, 0.5) is 0 Å². The summed E-state index contributed by atoms with van der Waals surface area (Å²) < 4.78 is 6.51. The van der Waals surface area contributed by atoms with E-state index in [1.165, 1.54) is 0 Å². The smallest absolute Gasteiger partial charge is 0.161 e. The van der Waals surface area contributed by atoms with Crippen molar-refractivity contribution in [1.82, 2.24) is 9.97 Å². The molecule has 0 saturated carbocycles. The summed E-state index contributed by atoms with van der Waals surface area (Å²) in [6.45, 7) is 0. The Labute approximate surface area is 301 Å². The molecule has 0 bridgehead atoms. The highest BCUT2D eigenvalue weighted by molar-refractivity contribution is 5.94. The van der Waals surface area contributed by atoms with E-state index >= 15 is 0 Å². The minimum Gasteiger partial charge on any atom is -0.457 e. The van der Waals surface area contributed by atoms with Crippen molar-refractivity contribution in [3.63, 3.8) is 0 Å².